The lowest BCUT2D eigenvalue weighted by atomic mass is 10.7. The fourth-order valence-corrected chi connectivity index (χ4v) is 2.09. The quantitative estimate of drug-likeness (QED) is 0.845. The third kappa shape index (κ3) is 3.31. The maximum atomic E-state index is 5.78. The van der Waals surface area contributed by atoms with E-state index in [1.165, 1.54) is 11.8 Å². The summed E-state index contributed by atoms with van der Waals surface area (Å²) in [5.41, 5.74) is 0. The van der Waals surface area contributed by atoms with Crippen molar-refractivity contribution >= 4 is 23.4 Å². The lowest BCUT2D eigenvalue weighted by Gasteiger charge is -2.02. The summed E-state index contributed by atoms with van der Waals surface area (Å²) in [7, 11) is 1.84. The highest BCUT2D eigenvalue weighted by molar-refractivity contribution is 7.99. The van der Waals surface area contributed by atoms with Crippen molar-refractivity contribution in [2.24, 2.45) is 7.05 Å². The van der Waals surface area contributed by atoms with E-state index in [1.54, 1.807) is 10.9 Å². The van der Waals surface area contributed by atoms with Gasteiger partial charge in [0.1, 0.15) is 0 Å². The molecule has 0 spiro atoms. The molecule has 0 fully saturated rings. The minimum Gasteiger partial charge on any atom is -0.464 e. The Kier molecular flexibility index (Phi) is 3.80. The summed E-state index contributed by atoms with van der Waals surface area (Å²) < 4.78 is 6.89. The first-order valence-electron chi connectivity index (χ1n) is 4.88. The molecule has 2 heterocycles. The lowest BCUT2D eigenvalue weighted by Crippen LogP contribution is -2.00. The van der Waals surface area contributed by atoms with Gasteiger partial charge in [0.05, 0.1) is 17.7 Å². The van der Waals surface area contributed by atoms with Gasteiger partial charge in [0.2, 0.25) is 5.28 Å². The van der Waals surface area contributed by atoms with Gasteiger partial charge in [0, 0.05) is 13.2 Å². The molecule has 0 aliphatic carbocycles. The molecule has 0 unspecified atom stereocenters. The van der Waals surface area contributed by atoms with Crippen LogP contribution < -0.4 is 4.74 Å². The molecule has 2 aromatic rings. The number of hydrogen-bond acceptors (Lipinski definition) is 6. The standard InChI is InChI=1S/C9H10ClN5OS/c1-3-16-8-12-7(10)13-9(14-8)17-6-4-11-15(2)5-6/h4-5H,3H2,1-2H3. The Morgan fingerprint density at radius 1 is 1.41 bits per heavy atom. The molecule has 6 nitrogen and oxygen atoms in total. The Balaban J connectivity index is 2.20. The molecule has 0 amide bonds. The van der Waals surface area contributed by atoms with Crippen molar-refractivity contribution in [1.29, 1.82) is 0 Å². The SMILES string of the molecule is CCOc1nc(Cl)nc(Sc2cnn(C)c2)n1. The molecule has 90 valence electrons. The topological polar surface area (TPSA) is 65.7 Å². The van der Waals surface area contributed by atoms with Gasteiger partial charge < -0.3 is 4.74 Å². The average molecular weight is 272 g/mol. The van der Waals surface area contributed by atoms with Crippen molar-refractivity contribution in [2.75, 3.05) is 6.61 Å². The molecule has 0 N–H and O–H groups in total. The molecule has 0 saturated carbocycles. The summed E-state index contributed by atoms with van der Waals surface area (Å²) in [5.74, 6) is 0. The van der Waals surface area contributed by atoms with Crippen molar-refractivity contribution in [2.45, 2.75) is 17.0 Å². The van der Waals surface area contributed by atoms with E-state index in [0.717, 1.165) is 4.90 Å². The van der Waals surface area contributed by atoms with Crippen LogP contribution in [0.15, 0.2) is 22.4 Å². The van der Waals surface area contributed by atoms with Crippen molar-refractivity contribution < 1.29 is 4.74 Å². The van der Waals surface area contributed by atoms with Crippen LogP contribution in [0.3, 0.4) is 0 Å². The van der Waals surface area contributed by atoms with Gasteiger partial charge in [-0.05, 0) is 30.3 Å². The Hall–Kier alpha value is -1.34. The van der Waals surface area contributed by atoms with Crippen LogP contribution >= 0.6 is 23.4 Å². The van der Waals surface area contributed by atoms with Crippen LogP contribution in [0, 0.1) is 0 Å². The largest absolute Gasteiger partial charge is 0.464 e. The van der Waals surface area contributed by atoms with Crippen LogP contribution in [-0.4, -0.2) is 31.3 Å². The predicted molar refractivity (Wildman–Crippen MR) is 63.3 cm³/mol. The van der Waals surface area contributed by atoms with E-state index in [0.29, 0.717) is 11.8 Å². The van der Waals surface area contributed by atoms with E-state index in [-0.39, 0.29) is 11.3 Å². The molecule has 0 bridgehead atoms. The van der Waals surface area contributed by atoms with Crippen LogP contribution in [0.2, 0.25) is 5.28 Å². The Morgan fingerprint density at radius 2 is 2.24 bits per heavy atom. The first-order chi connectivity index (χ1) is 8.17. The van der Waals surface area contributed by atoms with E-state index < -0.39 is 0 Å². The van der Waals surface area contributed by atoms with Gasteiger partial charge in [-0.3, -0.25) is 4.68 Å². The molecular formula is C9H10ClN5OS. The molecule has 0 atom stereocenters. The van der Waals surface area contributed by atoms with E-state index in [2.05, 4.69) is 20.1 Å². The van der Waals surface area contributed by atoms with Gasteiger partial charge in [-0.15, -0.1) is 0 Å². The normalized spacial score (nSPS) is 10.5. The summed E-state index contributed by atoms with van der Waals surface area (Å²) in [6, 6.07) is 0.235. The fraction of sp³-hybridized carbons (Fsp3) is 0.333. The van der Waals surface area contributed by atoms with Crippen LogP contribution in [0.1, 0.15) is 6.92 Å². The number of aromatic nitrogens is 5. The molecule has 0 aromatic carbocycles. The highest BCUT2D eigenvalue weighted by atomic mass is 35.5. The van der Waals surface area contributed by atoms with Crippen LogP contribution in [-0.2, 0) is 7.05 Å². The summed E-state index contributed by atoms with van der Waals surface area (Å²) in [5, 5.41) is 4.66. The maximum absolute atomic E-state index is 5.78. The predicted octanol–water partition coefficient (Wildman–Crippen LogP) is 1.81. The highest BCUT2D eigenvalue weighted by Gasteiger charge is 2.08. The smallest absolute Gasteiger partial charge is 0.321 e. The van der Waals surface area contributed by atoms with E-state index in [1.807, 2.05) is 20.2 Å². The van der Waals surface area contributed by atoms with E-state index in [4.69, 9.17) is 16.3 Å². The Morgan fingerprint density at radius 3 is 2.88 bits per heavy atom. The number of aryl methyl sites for hydroxylation is 1. The van der Waals surface area contributed by atoms with Crippen molar-refractivity contribution in [1.82, 2.24) is 24.7 Å². The number of ether oxygens (including phenoxy) is 1. The number of rotatable bonds is 4. The second-order valence-corrected chi connectivity index (χ2v) is 4.43. The van der Waals surface area contributed by atoms with Crippen LogP contribution in [0.4, 0.5) is 0 Å². The molecule has 0 aliphatic rings. The van der Waals surface area contributed by atoms with Gasteiger partial charge >= 0.3 is 6.01 Å². The number of hydrogen-bond donors (Lipinski definition) is 0. The van der Waals surface area contributed by atoms with Crippen LogP contribution in [0.5, 0.6) is 6.01 Å². The number of nitrogens with zero attached hydrogens (tertiary/aromatic N) is 5. The van der Waals surface area contributed by atoms with Gasteiger partial charge in [0.15, 0.2) is 5.16 Å². The monoisotopic (exact) mass is 271 g/mol. The van der Waals surface area contributed by atoms with Gasteiger partial charge in [-0.1, -0.05) is 0 Å². The fourth-order valence-electron chi connectivity index (χ4n) is 1.11. The summed E-state index contributed by atoms with van der Waals surface area (Å²) in [6.07, 6.45) is 3.59. The Labute approximate surface area is 107 Å². The number of halogens is 1. The van der Waals surface area contributed by atoms with Crippen LogP contribution in [0.25, 0.3) is 0 Å². The summed E-state index contributed by atoms with van der Waals surface area (Å²) in [6.45, 7) is 2.34. The van der Waals surface area contributed by atoms with E-state index >= 15 is 0 Å². The van der Waals surface area contributed by atoms with Gasteiger partial charge in [-0.25, -0.2) is 0 Å². The second kappa shape index (κ2) is 5.33. The second-order valence-electron chi connectivity index (χ2n) is 3.05. The molecule has 8 heteroatoms. The maximum Gasteiger partial charge on any atom is 0.321 e. The zero-order valence-corrected chi connectivity index (χ0v) is 10.9. The molecule has 17 heavy (non-hydrogen) atoms. The van der Waals surface area contributed by atoms with Gasteiger partial charge in [-0.2, -0.15) is 20.1 Å². The first kappa shape index (κ1) is 12.1. The third-order valence-electron chi connectivity index (χ3n) is 1.73. The minimum atomic E-state index is 0.120. The minimum absolute atomic E-state index is 0.120. The average Bonchev–Trinajstić information content (AvgIpc) is 2.63. The van der Waals surface area contributed by atoms with Crippen molar-refractivity contribution in [3.63, 3.8) is 0 Å². The van der Waals surface area contributed by atoms with Crippen molar-refractivity contribution in [3.05, 3.63) is 17.7 Å². The summed E-state index contributed by atoms with van der Waals surface area (Å²) in [4.78, 5) is 12.9. The third-order valence-corrected chi connectivity index (χ3v) is 2.71. The molecule has 0 radical (unpaired) electrons. The molecular weight excluding hydrogens is 262 g/mol. The molecule has 0 saturated heterocycles. The molecule has 2 aromatic heterocycles. The van der Waals surface area contributed by atoms with Crippen molar-refractivity contribution in [3.8, 4) is 6.01 Å². The molecule has 0 aliphatic heterocycles. The zero-order valence-electron chi connectivity index (χ0n) is 9.29. The first-order valence-corrected chi connectivity index (χ1v) is 6.07. The lowest BCUT2D eigenvalue weighted by molar-refractivity contribution is 0.307. The summed E-state index contributed by atoms with van der Waals surface area (Å²) >= 11 is 7.13. The zero-order chi connectivity index (χ0) is 12.3. The highest BCUT2D eigenvalue weighted by Crippen LogP contribution is 2.25. The molecule has 2 rings (SSSR count). The van der Waals surface area contributed by atoms with Gasteiger partial charge in [0.25, 0.3) is 0 Å². The van der Waals surface area contributed by atoms with E-state index in [9.17, 15) is 0 Å². The Bertz CT molecular complexity index is 518.